The lowest BCUT2D eigenvalue weighted by atomic mass is 10.1. The van der Waals surface area contributed by atoms with Gasteiger partial charge in [0.05, 0.1) is 24.9 Å². The highest BCUT2D eigenvalue weighted by molar-refractivity contribution is 5.93. The van der Waals surface area contributed by atoms with Crippen molar-refractivity contribution in [1.82, 2.24) is 14.4 Å². The van der Waals surface area contributed by atoms with Gasteiger partial charge in [0.1, 0.15) is 17.6 Å². The molecule has 0 aliphatic carbocycles. The average Bonchev–Trinajstić information content (AvgIpc) is 3.38. The molecule has 3 aromatic rings. The number of anilines is 1. The Morgan fingerprint density at radius 1 is 1.06 bits per heavy atom. The molecule has 2 aromatic heterocycles. The highest BCUT2D eigenvalue weighted by atomic mass is 16.3. The van der Waals surface area contributed by atoms with Crippen LogP contribution in [0, 0.1) is 32.1 Å². The lowest BCUT2D eigenvalue weighted by Gasteiger charge is -2.34. The van der Waals surface area contributed by atoms with E-state index in [1.165, 1.54) is 11.1 Å². The molecule has 3 heterocycles. The Kier molecular flexibility index (Phi) is 6.97. The Bertz CT molecular complexity index is 1150. The highest BCUT2D eigenvalue weighted by Crippen LogP contribution is 2.27. The number of benzene rings is 1. The summed E-state index contributed by atoms with van der Waals surface area (Å²) in [4.78, 5) is 17.5. The van der Waals surface area contributed by atoms with Crippen LogP contribution in [0.25, 0.3) is 0 Å². The number of carbonyl (C=O) groups is 1. The van der Waals surface area contributed by atoms with E-state index in [4.69, 9.17) is 4.42 Å². The van der Waals surface area contributed by atoms with Gasteiger partial charge in [-0.2, -0.15) is 5.26 Å². The fourth-order valence-corrected chi connectivity index (χ4v) is 4.44. The van der Waals surface area contributed by atoms with Crippen molar-refractivity contribution in [3.8, 4) is 6.07 Å². The Hall–Kier alpha value is -3.34. The Morgan fingerprint density at radius 3 is 2.48 bits per heavy atom. The van der Waals surface area contributed by atoms with E-state index >= 15 is 0 Å². The fraction of sp³-hybridized carbons (Fsp3) is 0.385. The first-order valence-electron chi connectivity index (χ1n) is 11.4. The number of furan rings is 1. The lowest BCUT2D eigenvalue weighted by molar-refractivity contribution is -0.117. The molecule has 0 radical (unpaired) electrons. The molecular formula is C26H31N5O2. The van der Waals surface area contributed by atoms with Gasteiger partial charge in [0, 0.05) is 38.4 Å². The van der Waals surface area contributed by atoms with Gasteiger partial charge in [-0.3, -0.25) is 14.6 Å². The predicted molar refractivity (Wildman–Crippen MR) is 128 cm³/mol. The maximum Gasteiger partial charge on any atom is 0.239 e. The molecule has 7 nitrogen and oxygen atoms in total. The summed E-state index contributed by atoms with van der Waals surface area (Å²) in [7, 11) is 0. The first-order chi connectivity index (χ1) is 15.9. The van der Waals surface area contributed by atoms with E-state index in [1.807, 2.05) is 30.5 Å². The SMILES string of the molecule is Cc1cccc(CN2CCN(CC(=O)Nc3c(C#N)c(C)c(C)n3Cc3ccco3)CC2)c1. The van der Waals surface area contributed by atoms with Crippen LogP contribution in [0.2, 0.25) is 0 Å². The van der Waals surface area contributed by atoms with E-state index in [-0.39, 0.29) is 5.91 Å². The molecule has 7 heteroatoms. The molecule has 4 rings (SSSR count). The van der Waals surface area contributed by atoms with E-state index in [0.717, 1.165) is 49.7 Å². The van der Waals surface area contributed by atoms with Crippen LogP contribution >= 0.6 is 0 Å². The number of hydrogen-bond acceptors (Lipinski definition) is 5. The quantitative estimate of drug-likeness (QED) is 0.600. The van der Waals surface area contributed by atoms with E-state index in [9.17, 15) is 10.1 Å². The molecule has 1 amide bonds. The van der Waals surface area contributed by atoms with Gasteiger partial charge in [0.2, 0.25) is 5.91 Å². The molecule has 1 fully saturated rings. The molecule has 1 aliphatic rings. The van der Waals surface area contributed by atoms with Gasteiger partial charge in [-0.15, -0.1) is 0 Å². The van der Waals surface area contributed by atoms with Crippen LogP contribution in [0.5, 0.6) is 0 Å². The number of aryl methyl sites for hydroxylation is 1. The Labute approximate surface area is 195 Å². The van der Waals surface area contributed by atoms with Crippen LogP contribution < -0.4 is 5.32 Å². The monoisotopic (exact) mass is 445 g/mol. The van der Waals surface area contributed by atoms with Gasteiger partial charge < -0.3 is 14.3 Å². The van der Waals surface area contributed by atoms with Crippen LogP contribution in [0.1, 0.15) is 33.7 Å². The summed E-state index contributed by atoms with van der Waals surface area (Å²) >= 11 is 0. The van der Waals surface area contributed by atoms with Gasteiger partial charge in [-0.1, -0.05) is 29.8 Å². The zero-order valence-corrected chi connectivity index (χ0v) is 19.6. The van der Waals surface area contributed by atoms with Crippen molar-refractivity contribution in [2.75, 3.05) is 38.0 Å². The number of nitrogens with zero attached hydrogens (tertiary/aromatic N) is 4. The molecule has 172 valence electrons. The van der Waals surface area contributed by atoms with Gasteiger partial charge in [0.15, 0.2) is 0 Å². The molecule has 33 heavy (non-hydrogen) atoms. The van der Waals surface area contributed by atoms with Crippen molar-refractivity contribution < 1.29 is 9.21 Å². The minimum atomic E-state index is -0.100. The molecule has 1 aromatic carbocycles. The Morgan fingerprint density at radius 2 is 1.82 bits per heavy atom. The van der Waals surface area contributed by atoms with Crippen LogP contribution in [0.3, 0.4) is 0 Å². The van der Waals surface area contributed by atoms with Crippen molar-refractivity contribution >= 4 is 11.7 Å². The number of hydrogen-bond donors (Lipinski definition) is 1. The molecule has 0 spiro atoms. The van der Waals surface area contributed by atoms with Crippen LogP contribution in [-0.4, -0.2) is 53.0 Å². The predicted octanol–water partition coefficient (Wildman–Crippen LogP) is 3.68. The zero-order chi connectivity index (χ0) is 23.4. The smallest absolute Gasteiger partial charge is 0.239 e. The molecule has 1 saturated heterocycles. The summed E-state index contributed by atoms with van der Waals surface area (Å²) in [6, 6.07) is 14.6. The van der Waals surface area contributed by atoms with E-state index in [0.29, 0.717) is 24.5 Å². The molecule has 0 atom stereocenters. The number of rotatable bonds is 7. The summed E-state index contributed by atoms with van der Waals surface area (Å²) in [5.74, 6) is 1.22. The van der Waals surface area contributed by atoms with Gasteiger partial charge in [-0.25, -0.2) is 0 Å². The van der Waals surface area contributed by atoms with Crippen molar-refractivity contribution in [2.45, 2.75) is 33.9 Å². The average molecular weight is 446 g/mol. The number of aromatic nitrogens is 1. The second-order valence-electron chi connectivity index (χ2n) is 8.80. The normalized spacial score (nSPS) is 14.8. The summed E-state index contributed by atoms with van der Waals surface area (Å²) in [5, 5.41) is 12.7. The maximum absolute atomic E-state index is 12.9. The fourth-order valence-electron chi connectivity index (χ4n) is 4.44. The summed E-state index contributed by atoms with van der Waals surface area (Å²) in [6.07, 6.45) is 1.63. The van der Waals surface area contributed by atoms with Crippen LogP contribution in [-0.2, 0) is 17.9 Å². The molecular weight excluding hydrogens is 414 g/mol. The number of piperazine rings is 1. The third-order valence-electron chi connectivity index (χ3n) is 6.41. The largest absolute Gasteiger partial charge is 0.467 e. The number of nitrogens with one attached hydrogen (secondary N) is 1. The second kappa shape index (κ2) is 10.1. The van der Waals surface area contributed by atoms with E-state index in [1.54, 1.807) is 6.26 Å². The lowest BCUT2D eigenvalue weighted by Crippen LogP contribution is -2.48. The first kappa shape index (κ1) is 22.8. The molecule has 1 N–H and O–H groups in total. The van der Waals surface area contributed by atoms with Crippen molar-refractivity contribution in [2.24, 2.45) is 0 Å². The summed E-state index contributed by atoms with van der Waals surface area (Å²) in [6.45, 7) is 11.2. The van der Waals surface area contributed by atoms with E-state index in [2.05, 4.69) is 52.4 Å². The molecule has 0 saturated carbocycles. The standard InChI is InChI=1S/C26H31N5O2/c1-19-6-4-7-22(14-19)16-29-9-11-30(12-10-29)18-25(32)28-26-24(15-27)20(2)21(3)31(26)17-23-8-5-13-33-23/h4-8,13-14H,9-12,16-18H2,1-3H3,(H,28,32). The minimum Gasteiger partial charge on any atom is -0.467 e. The number of amides is 1. The maximum atomic E-state index is 12.9. The molecule has 1 aliphatic heterocycles. The zero-order valence-electron chi connectivity index (χ0n) is 19.6. The van der Waals surface area contributed by atoms with Gasteiger partial charge in [0.25, 0.3) is 0 Å². The minimum absolute atomic E-state index is 0.100. The summed E-state index contributed by atoms with van der Waals surface area (Å²) in [5.41, 5.74) is 4.94. The van der Waals surface area contributed by atoms with Gasteiger partial charge in [-0.05, 0) is 44.0 Å². The third kappa shape index (κ3) is 5.36. The number of nitriles is 1. The van der Waals surface area contributed by atoms with Crippen LogP contribution in [0.15, 0.2) is 47.1 Å². The molecule has 0 bridgehead atoms. The van der Waals surface area contributed by atoms with Crippen molar-refractivity contribution in [1.29, 1.82) is 5.26 Å². The van der Waals surface area contributed by atoms with Gasteiger partial charge >= 0.3 is 0 Å². The third-order valence-corrected chi connectivity index (χ3v) is 6.41. The van der Waals surface area contributed by atoms with Crippen molar-refractivity contribution in [3.05, 3.63) is 76.4 Å². The van der Waals surface area contributed by atoms with Crippen LogP contribution in [0.4, 0.5) is 5.82 Å². The van der Waals surface area contributed by atoms with E-state index < -0.39 is 0 Å². The molecule has 0 unspecified atom stereocenters. The summed E-state index contributed by atoms with van der Waals surface area (Å²) < 4.78 is 7.44. The Balaban J connectivity index is 1.36. The first-order valence-corrected chi connectivity index (χ1v) is 11.4. The van der Waals surface area contributed by atoms with Crippen molar-refractivity contribution in [3.63, 3.8) is 0 Å². The number of carbonyl (C=O) groups excluding carboxylic acids is 1. The second-order valence-corrected chi connectivity index (χ2v) is 8.80. The highest BCUT2D eigenvalue weighted by Gasteiger charge is 2.23. The topological polar surface area (TPSA) is 77.4 Å².